The summed E-state index contributed by atoms with van der Waals surface area (Å²) in [5.74, 6) is 0. The van der Waals surface area contributed by atoms with Gasteiger partial charge in [-0.1, -0.05) is 17.6 Å². The third-order valence-corrected chi connectivity index (χ3v) is 5.06. The summed E-state index contributed by atoms with van der Waals surface area (Å²) < 4.78 is 5.77. The van der Waals surface area contributed by atoms with E-state index in [-0.39, 0.29) is 0 Å². The zero-order chi connectivity index (χ0) is 17.3. The summed E-state index contributed by atoms with van der Waals surface area (Å²) in [6, 6.07) is 8.18. The molecule has 1 radical (unpaired) electrons. The third-order valence-electron chi connectivity index (χ3n) is 5.06. The Labute approximate surface area is 140 Å². The summed E-state index contributed by atoms with van der Waals surface area (Å²) in [4.78, 5) is 2.30. The van der Waals surface area contributed by atoms with E-state index in [4.69, 9.17) is 4.65 Å². The number of anilines is 1. The molecule has 0 saturated carbocycles. The normalized spacial score (nSPS) is 18.8. The van der Waals surface area contributed by atoms with Crippen molar-refractivity contribution in [2.24, 2.45) is 0 Å². The quantitative estimate of drug-likeness (QED) is 0.814. The molecule has 23 heavy (non-hydrogen) atoms. The van der Waals surface area contributed by atoms with E-state index < -0.39 is 16.8 Å². The molecule has 2 N–H and O–H groups in total. The van der Waals surface area contributed by atoms with Gasteiger partial charge in [0.25, 0.3) is 0 Å². The van der Waals surface area contributed by atoms with Gasteiger partial charge in [-0.05, 0) is 59.6 Å². The van der Waals surface area contributed by atoms with Gasteiger partial charge in [-0.3, -0.25) is 0 Å². The highest BCUT2D eigenvalue weighted by Crippen LogP contribution is 2.26. The van der Waals surface area contributed by atoms with Gasteiger partial charge < -0.3 is 19.8 Å². The first-order valence-electron chi connectivity index (χ1n) is 8.31. The van der Waals surface area contributed by atoms with Crippen molar-refractivity contribution in [3.05, 3.63) is 24.3 Å². The smallest absolute Gasteiger partial charge is 0.330 e. The Balaban J connectivity index is 1.93. The summed E-state index contributed by atoms with van der Waals surface area (Å²) in [5, 5.41) is 20.1. The van der Waals surface area contributed by atoms with E-state index in [0.717, 1.165) is 31.4 Å². The Bertz CT molecular complexity index is 510. The van der Waals surface area contributed by atoms with Crippen molar-refractivity contribution in [3.63, 3.8) is 0 Å². The largest absolute Gasteiger partial charge is 0.427 e. The van der Waals surface area contributed by atoms with Gasteiger partial charge >= 0.3 is 7.48 Å². The first-order valence-corrected chi connectivity index (χ1v) is 8.31. The van der Waals surface area contributed by atoms with Gasteiger partial charge in [0.2, 0.25) is 0 Å². The monoisotopic (exact) mass is 318 g/mol. The van der Waals surface area contributed by atoms with Crippen LogP contribution in [-0.4, -0.2) is 47.6 Å². The van der Waals surface area contributed by atoms with Crippen molar-refractivity contribution in [1.29, 1.82) is 0 Å². The zero-order valence-electron chi connectivity index (χ0n) is 15.0. The second kappa shape index (κ2) is 6.46. The molecule has 0 amide bonds. The Kier molecular flexibility index (Phi) is 5.14. The zero-order valence-corrected chi connectivity index (χ0v) is 15.0. The fourth-order valence-corrected chi connectivity index (χ4v) is 2.37. The predicted octanol–water partition coefficient (Wildman–Crippen LogP) is 1.85. The summed E-state index contributed by atoms with van der Waals surface area (Å²) in [7, 11) is 1.70. The number of aliphatic hydroxyl groups is 2. The van der Waals surface area contributed by atoms with Crippen LogP contribution in [0.25, 0.3) is 0 Å². The van der Waals surface area contributed by atoms with Gasteiger partial charge in [-0.2, -0.15) is 0 Å². The number of hydrogen-bond acceptors (Lipinski definition) is 4. The van der Waals surface area contributed by atoms with Gasteiger partial charge in [0.05, 0.1) is 16.8 Å². The van der Waals surface area contributed by atoms with Crippen molar-refractivity contribution in [1.82, 2.24) is 0 Å². The fraction of sp³-hybridized carbons (Fsp3) is 0.667. The number of piperidine rings is 1. The molecule has 0 atom stereocenters. The van der Waals surface area contributed by atoms with Crippen LogP contribution in [-0.2, 0) is 4.65 Å². The highest BCUT2D eigenvalue weighted by Gasteiger charge is 2.35. The molecule has 127 valence electrons. The molecule has 1 aromatic carbocycles. The SMILES string of the molecule is CC1(O)CCN(c2ccc([B]OC(C)(C)C(C)(C)O)cc2)CC1. The van der Waals surface area contributed by atoms with E-state index in [1.165, 1.54) is 5.69 Å². The van der Waals surface area contributed by atoms with Crippen LogP contribution in [0.15, 0.2) is 24.3 Å². The molecule has 1 aromatic rings. The molecule has 5 heteroatoms. The van der Waals surface area contributed by atoms with Crippen LogP contribution < -0.4 is 10.4 Å². The Hall–Kier alpha value is -1.04. The van der Waals surface area contributed by atoms with Gasteiger partial charge in [0.15, 0.2) is 0 Å². The van der Waals surface area contributed by atoms with Crippen LogP contribution >= 0.6 is 0 Å². The van der Waals surface area contributed by atoms with Crippen molar-refractivity contribution in [3.8, 4) is 0 Å². The van der Waals surface area contributed by atoms with E-state index in [9.17, 15) is 10.2 Å². The second-order valence-electron chi connectivity index (χ2n) is 7.88. The van der Waals surface area contributed by atoms with E-state index in [1.807, 2.05) is 32.9 Å². The maximum absolute atomic E-state index is 10.1. The van der Waals surface area contributed by atoms with Crippen molar-refractivity contribution in [2.75, 3.05) is 18.0 Å². The van der Waals surface area contributed by atoms with Crippen molar-refractivity contribution in [2.45, 2.75) is 64.3 Å². The van der Waals surface area contributed by atoms with Gasteiger partial charge in [-0.15, -0.1) is 0 Å². The summed E-state index contributed by atoms with van der Waals surface area (Å²) in [5.41, 5.74) is 0.0217. The van der Waals surface area contributed by atoms with Gasteiger partial charge in [0.1, 0.15) is 0 Å². The standard InChI is InChI=1S/C18H29BNO3/c1-16(2,21)17(3,4)23-19-14-6-8-15(9-7-14)20-12-10-18(5,22)11-13-20/h6-9,21-22H,10-13H2,1-5H3. The summed E-state index contributed by atoms with van der Waals surface area (Å²) in [6.45, 7) is 10.9. The molecule has 4 nitrogen and oxygen atoms in total. The van der Waals surface area contributed by atoms with Crippen molar-refractivity contribution >= 4 is 18.6 Å². The molecule has 1 heterocycles. The minimum atomic E-state index is -0.922. The van der Waals surface area contributed by atoms with Crippen LogP contribution in [0, 0.1) is 0 Å². The molecule has 1 aliphatic rings. The summed E-state index contributed by atoms with van der Waals surface area (Å²) in [6.07, 6.45) is 1.59. The molecule has 0 aromatic heterocycles. The molecule has 1 aliphatic heterocycles. The first kappa shape index (κ1) is 18.3. The predicted molar refractivity (Wildman–Crippen MR) is 95.4 cm³/mol. The highest BCUT2D eigenvalue weighted by atomic mass is 16.5. The van der Waals surface area contributed by atoms with Gasteiger partial charge in [0, 0.05) is 18.8 Å². The summed E-state index contributed by atoms with van der Waals surface area (Å²) >= 11 is 0. The van der Waals surface area contributed by atoms with E-state index in [0.29, 0.717) is 0 Å². The number of rotatable bonds is 5. The molecule has 0 bridgehead atoms. The maximum Gasteiger partial charge on any atom is 0.330 e. The van der Waals surface area contributed by atoms with Crippen LogP contribution in [0.5, 0.6) is 0 Å². The lowest BCUT2D eigenvalue weighted by Crippen LogP contribution is -2.49. The molecule has 0 spiro atoms. The Morgan fingerprint density at radius 1 is 1.09 bits per heavy atom. The number of hydrogen-bond donors (Lipinski definition) is 2. The molecule has 2 rings (SSSR count). The lowest BCUT2D eigenvalue weighted by molar-refractivity contribution is -0.0893. The van der Waals surface area contributed by atoms with E-state index in [2.05, 4.69) is 17.0 Å². The van der Waals surface area contributed by atoms with Gasteiger partial charge in [-0.25, -0.2) is 0 Å². The van der Waals surface area contributed by atoms with E-state index >= 15 is 0 Å². The van der Waals surface area contributed by atoms with Crippen molar-refractivity contribution < 1.29 is 14.9 Å². The molecule has 1 saturated heterocycles. The average molecular weight is 318 g/mol. The van der Waals surface area contributed by atoms with Crippen LogP contribution in [0.3, 0.4) is 0 Å². The molecule has 0 aliphatic carbocycles. The number of nitrogens with zero attached hydrogens (tertiary/aromatic N) is 1. The Morgan fingerprint density at radius 3 is 2.09 bits per heavy atom. The lowest BCUT2D eigenvalue weighted by Gasteiger charge is -2.38. The minimum Gasteiger partial charge on any atom is -0.427 e. The first-order chi connectivity index (χ1) is 10.5. The third kappa shape index (κ3) is 4.72. The molecule has 0 unspecified atom stereocenters. The number of benzene rings is 1. The van der Waals surface area contributed by atoms with Crippen LogP contribution in [0.4, 0.5) is 5.69 Å². The highest BCUT2D eigenvalue weighted by molar-refractivity contribution is 6.47. The minimum absolute atomic E-state index is 0.527. The van der Waals surface area contributed by atoms with E-state index in [1.54, 1.807) is 21.3 Å². The van der Waals surface area contributed by atoms with Crippen LogP contribution in [0.1, 0.15) is 47.5 Å². The average Bonchev–Trinajstić information content (AvgIpc) is 2.45. The van der Waals surface area contributed by atoms with Crippen LogP contribution in [0.2, 0.25) is 0 Å². The maximum atomic E-state index is 10.1. The Morgan fingerprint density at radius 2 is 1.61 bits per heavy atom. The molecular weight excluding hydrogens is 289 g/mol. The second-order valence-corrected chi connectivity index (χ2v) is 7.88. The topological polar surface area (TPSA) is 52.9 Å². The molecular formula is C18H29BNO3. The fourth-order valence-electron chi connectivity index (χ4n) is 2.37. The lowest BCUT2D eigenvalue weighted by atomic mass is 9.82. The molecule has 1 fully saturated rings.